The molecule has 4 rings (SSSR count). The summed E-state index contributed by atoms with van der Waals surface area (Å²) in [7, 11) is 0. The van der Waals surface area contributed by atoms with Crippen molar-refractivity contribution in [2.45, 2.75) is 36.9 Å². The topological polar surface area (TPSA) is 129 Å². The van der Waals surface area contributed by atoms with Crippen LogP contribution in [0.1, 0.15) is 22.2 Å². The van der Waals surface area contributed by atoms with Crippen molar-refractivity contribution in [3.63, 3.8) is 0 Å². The first-order valence-electron chi connectivity index (χ1n) is 8.78. The van der Waals surface area contributed by atoms with Crippen LogP contribution in [0.2, 0.25) is 5.02 Å². The Labute approximate surface area is 179 Å². The molecule has 0 saturated carbocycles. The van der Waals surface area contributed by atoms with E-state index in [4.69, 9.17) is 16.3 Å². The van der Waals surface area contributed by atoms with E-state index >= 15 is 0 Å². The van der Waals surface area contributed by atoms with Gasteiger partial charge in [0.25, 0.3) is 0 Å². The molecule has 4 N–H and O–H groups in total. The van der Waals surface area contributed by atoms with Crippen LogP contribution in [0.15, 0.2) is 29.9 Å². The number of benzene rings is 1. The minimum Gasteiger partial charge on any atom is -0.394 e. The van der Waals surface area contributed by atoms with Gasteiger partial charge in [-0.05, 0) is 17.2 Å². The molecule has 11 heteroatoms. The van der Waals surface area contributed by atoms with Crippen LogP contribution in [0.5, 0.6) is 0 Å². The fourth-order valence-corrected chi connectivity index (χ4v) is 4.95. The molecule has 29 heavy (non-hydrogen) atoms. The molecule has 1 aliphatic rings. The molecule has 154 valence electrons. The van der Waals surface area contributed by atoms with Gasteiger partial charge < -0.3 is 25.2 Å². The lowest BCUT2D eigenvalue weighted by molar-refractivity contribution is -0.231. The van der Waals surface area contributed by atoms with Gasteiger partial charge in [0.05, 0.1) is 16.5 Å². The zero-order valence-corrected chi connectivity index (χ0v) is 17.3. The van der Waals surface area contributed by atoms with E-state index in [2.05, 4.69) is 15.2 Å². The Kier molecular flexibility index (Phi) is 6.23. The molecule has 1 fully saturated rings. The monoisotopic (exact) mass is 455 g/mol. The molecule has 0 radical (unpaired) electrons. The average Bonchev–Trinajstić information content (AvgIpc) is 3.40. The number of halogens is 1. The van der Waals surface area contributed by atoms with Gasteiger partial charge >= 0.3 is 0 Å². The van der Waals surface area contributed by atoms with Crippen molar-refractivity contribution in [2.75, 3.05) is 6.61 Å². The van der Waals surface area contributed by atoms with Crippen LogP contribution in [0, 0.1) is 0 Å². The highest BCUT2D eigenvalue weighted by molar-refractivity contribution is 7.20. The molecule has 3 heterocycles. The molecule has 0 bridgehead atoms. The highest BCUT2D eigenvalue weighted by Gasteiger charge is 2.44. The smallest absolute Gasteiger partial charge is 0.159 e. The minimum absolute atomic E-state index is 0.466. The number of hydrogen-bond acceptors (Lipinski definition) is 10. The third-order valence-corrected chi connectivity index (χ3v) is 6.98. The van der Waals surface area contributed by atoms with Crippen LogP contribution in [-0.4, -0.2) is 66.6 Å². The van der Waals surface area contributed by atoms with Crippen LogP contribution in [0.4, 0.5) is 0 Å². The van der Waals surface area contributed by atoms with Crippen molar-refractivity contribution in [3.8, 4) is 9.88 Å². The lowest BCUT2D eigenvalue weighted by Gasteiger charge is -2.40. The molecule has 1 aliphatic heterocycles. The highest BCUT2D eigenvalue weighted by Crippen LogP contribution is 2.35. The van der Waals surface area contributed by atoms with E-state index in [0.717, 1.165) is 20.5 Å². The van der Waals surface area contributed by atoms with E-state index in [-0.39, 0.29) is 0 Å². The van der Waals surface area contributed by atoms with Crippen molar-refractivity contribution in [1.82, 2.24) is 15.2 Å². The number of nitrogens with zero attached hydrogens (tertiary/aromatic N) is 3. The SMILES string of the molecule is OC[C@H]1OC(c2ccc(Cl)c(Cc3ncc(-c4nncs4)s3)c2)C(O)[C@@H](O)[C@@H]1O. The van der Waals surface area contributed by atoms with E-state index in [1.54, 1.807) is 29.9 Å². The number of rotatable bonds is 5. The number of aliphatic hydroxyl groups is 4. The summed E-state index contributed by atoms with van der Waals surface area (Å²) in [5.74, 6) is 0. The molecule has 0 aliphatic carbocycles. The van der Waals surface area contributed by atoms with Gasteiger partial charge in [-0.3, -0.25) is 0 Å². The second kappa shape index (κ2) is 8.70. The minimum atomic E-state index is -1.43. The van der Waals surface area contributed by atoms with E-state index in [0.29, 0.717) is 17.0 Å². The van der Waals surface area contributed by atoms with Crippen LogP contribution < -0.4 is 0 Å². The van der Waals surface area contributed by atoms with Crippen LogP contribution in [-0.2, 0) is 11.2 Å². The van der Waals surface area contributed by atoms with Gasteiger partial charge in [-0.15, -0.1) is 21.5 Å². The predicted molar refractivity (Wildman–Crippen MR) is 108 cm³/mol. The summed E-state index contributed by atoms with van der Waals surface area (Å²) in [4.78, 5) is 5.35. The Morgan fingerprint density at radius 1 is 1.14 bits per heavy atom. The standard InChI is InChI=1S/C18H18ClN3O5S2/c19-10-2-1-8(17-16(26)15(25)14(24)11(6-23)27-17)3-9(10)4-13-20-5-12(29-13)18-22-21-7-28-18/h1-3,5,7,11,14-17,23-26H,4,6H2/t11-,14-,15+,16?,17?/m1/s1. The van der Waals surface area contributed by atoms with Gasteiger partial charge in [-0.2, -0.15) is 0 Å². The Morgan fingerprint density at radius 2 is 1.97 bits per heavy atom. The first kappa shape index (κ1) is 20.8. The maximum Gasteiger partial charge on any atom is 0.159 e. The molecule has 0 spiro atoms. The van der Waals surface area contributed by atoms with Gasteiger partial charge in [0, 0.05) is 17.6 Å². The normalized spacial score (nSPS) is 27.3. The third-order valence-electron chi connectivity index (χ3n) is 4.76. The summed E-state index contributed by atoms with van der Waals surface area (Å²) in [5, 5.41) is 49.8. The Hall–Kier alpha value is -1.50. The molecule has 8 nitrogen and oxygen atoms in total. The fraction of sp³-hybridized carbons (Fsp3) is 0.389. The van der Waals surface area contributed by atoms with Crippen LogP contribution >= 0.6 is 34.3 Å². The van der Waals surface area contributed by atoms with Crippen molar-refractivity contribution in [3.05, 3.63) is 51.1 Å². The first-order chi connectivity index (χ1) is 14.0. The highest BCUT2D eigenvalue weighted by atomic mass is 35.5. The van der Waals surface area contributed by atoms with Gasteiger partial charge in [0.15, 0.2) is 5.01 Å². The summed E-state index contributed by atoms with van der Waals surface area (Å²) in [6, 6.07) is 5.15. The number of ether oxygens (including phenoxy) is 1. The zero-order valence-electron chi connectivity index (χ0n) is 14.9. The summed E-state index contributed by atoms with van der Waals surface area (Å²) in [6.45, 7) is -0.477. The molecule has 1 saturated heterocycles. The van der Waals surface area contributed by atoms with Crippen molar-refractivity contribution in [1.29, 1.82) is 0 Å². The number of hydrogen-bond donors (Lipinski definition) is 4. The molecule has 1 aromatic carbocycles. The lowest BCUT2D eigenvalue weighted by atomic mass is 9.90. The summed E-state index contributed by atoms with van der Waals surface area (Å²) in [5.41, 5.74) is 3.02. The molecule has 0 amide bonds. The second-order valence-corrected chi connectivity index (χ2v) is 8.99. The molecular weight excluding hydrogens is 438 g/mol. The van der Waals surface area contributed by atoms with E-state index in [1.807, 2.05) is 0 Å². The van der Waals surface area contributed by atoms with Gasteiger partial charge in [-0.1, -0.05) is 35.1 Å². The Balaban J connectivity index is 1.58. The number of thiazole rings is 1. The summed E-state index contributed by atoms with van der Waals surface area (Å²) >= 11 is 9.29. The largest absolute Gasteiger partial charge is 0.394 e. The maximum atomic E-state index is 10.4. The molecule has 2 aromatic heterocycles. The summed E-state index contributed by atoms with van der Waals surface area (Å²) in [6.07, 6.45) is -3.83. The van der Waals surface area contributed by atoms with Crippen molar-refractivity contribution >= 4 is 34.3 Å². The third kappa shape index (κ3) is 4.21. The van der Waals surface area contributed by atoms with Crippen molar-refractivity contribution < 1.29 is 25.2 Å². The first-order valence-corrected chi connectivity index (χ1v) is 10.9. The zero-order chi connectivity index (χ0) is 20.5. The quantitative estimate of drug-likeness (QED) is 0.454. The molecular formula is C18H18ClN3O5S2. The maximum absolute atomic E-state index is 10.4. The lowest BCUT2D eigenvalue weighted by Crippen LogP contribution is -2.55. The number of aliphatic hydroxyl groups excluding tert-OH is 4. The molecule has 5 atom stereocenters. The van der Waals surface area contributed by atoms with Crippen molar-refractivity contribution in [2.24, 2.45) is 0 Å². The Bertz CT molecular complexity index is 968. The van der Waals surface area contributed by atoms with Gasteiger partial charge in [0.1, 0.15) is 36.0 Å². The summed E-state index contributed by atoms with van der Waals surface area (Å²) < 4.78 is 5.63. The Morgan fingerprint density at radius 3 is 2.69 bits per heavy atom. The predicted octanol–water partition coefficient (Wildman–Crippen LogP) is 1.42. The van der Waals surface area contributed by atoms with Crippen LogP contribution in [0.3, 0.4) is 0 Å². The average molecular weight is 456 g/mol. The van der Waals surface area contributed by atoms with Gasteiger partial charge in [-0.25, -0.2) is 4.98 Å². The van der Waals surface area contributed by atoms with E-state index in [1.165, 1.54) is 22.7 Å². The fourth-order valence-electron chi connectivity index (χ4n) is 3.22. The van der Waals surface area contributed by atoms with Crippen LogP contribution in [0.25, 0.3) is 9.88 Å². The van der Waals surface area contributed by atoms with E-state index in [9.17, 15) is 20.4 Å². The van der Waals surface area contributed by atoms with E-state index < -0.39 is 37.1 Å². The number of aromatic nitrogens is 3. The molecule has 2 unspecified atom stereocenters. The molecule has 3 aromatic rings. The van der Waals surface area contributed by atoms with Gasteiger partial charge in [0.2, 0.25) is 0 Å². The second-order valence-electron chi connectivity index (χ2n) is 6.64.